The summed E-state index contributed by atoms with van der Waals surface area (Å²) in [5.74, 6) is -0.833. The lowest BCUT2D eigenvalue weighted by molar-refractivity contribution is -0.432. The molecule has 0 heterocycles. The fourth-order valence-corrected chi connectivity index (χ4v) is 2.21. The standard InChI is InChI=1S/C18H18N8.C2H4O2/c19-11-4-6-17(15(21)8-11)25-23-13-2-1-3-14(10-13)24-26-18-7-5-12(20)9-16(18)22;1-2(3)4/h1-10H,19-22H2;1H3,(H,3,4)/p+1. The van der Waals surface area contributed by atoms with Gasteiger partial charge in [0.15, 0.2) is 0 Å². The first-order chi connectivity index (χ1) is 14.2. The average molecular weight is 407 g/mol. The van der Waals surface area contributed by atoms with Crippen molar-refractivity contribution < 1.29 is 15.0 Å². The van der Waals surface area contributed by atoms with Gasteiger partial charge in [0.2, 0.25) is 0 Å². The van der Waals surface area contributed by atoms with Crippen molar-refractivity contribution in [2.45, 2.75) is 6.92 Å². The number of rotatable bonds is 4. The summed E-state index contributed by atoms with van der Waals surface area (Å²) in [6.45, 7) is 1.08. The molecule has 0 fully saturated rings. The van der Waals surface area contributed by atoms with E-state index >= 15 is 0 Å². The Morgan fingerprint density at radius 3 is 2.07 bits per heavy atom. The van der Waals surface area contributed by atoms with E-state index in [4.69, 9.17) is 32.8 Å². The molecular formula is C20H23N8O2+. The number of nitrogens with zero attached hydrogens (tertiary/aromatic N) is 3. The van der Waals surface area contributed by atoms with Crippen LogP contribution in [0, 0.1) is 0 Å². The SMILES string of the molecule is CC(=O)O.Nc1ccc(N=Nc2cccc(N=[NH+]c3ccc(N)cc3N)c2)c(N)c1. The minimum Gasteiger partial charge on any atom is -0.481 e. The molecule has 0 spiro atoms. The highest BCUT2D eigenvalue weighted by Gasteiger charge is 2.04. The minimum atomic E-state index is -0.833. The Kier molecular flexibility index (Phi) is 7.40. The number of carboxylic acids is 1. The number of azo groups is 2. The van der Waals surface area contributed by atoms with Gasteiger partial charge in [-0.2, -0.15) is 5.11 Å². The molecule has 0 saturated heterocycles. The topological polar surface area (TPSA) is 192 Å². The van der Waals surface area contributed by atoms with Crippen molar-refractivity contribution in [2.24, 2.45) is 15.3 Å². The summed E-state index contributed by atoms with van der Waals surface area (Å²) in [7, 11) is 0. The maximum absolute atomic E-state index is 9.00. The predicted molar refractivity (Wildman–Crippen MR) is 117 cm³/mol. The van der Waals surface area contributed by atoms with Gasteiger partial charge in [-0.05, 0) is 53.6 Å². The monoisotopic (exact) mass is 407 g/mol. The van der Waals surface area contributed by atoms with Crippen molar-refractivity contribution in [2.75, 3.05) is 22.9 Å². The van der Waals surface area contributed by atoms with Crippen molar-refractivity contribution in [3.05, 3.63) is 60.7 Å². The third-order valence-electron chi connectivity index (χ3n) is 3.54. The van der Waals surface area contributed by atoms with E-state index in [-0.39, 0.29) is 0 Å². The number of nitrogen functional groups attached to an aromatic ring is 4. The lowest BCUT2D eigenvalue weighted by Crippen LogP contribution is -2.57. The largest absolute Gasteiger partial charge is 0.481 e. The molecule has 30 heavy (non-hydrogen) atoms. The molecular weight excluding hydrogens is 384 g/mol. The molecule has 0 aliphatic carbocycles. The molecule has 0 bridgehead atoms. The van der Waals surface area contributed by atoms with Crippen LogP contribution in [0.3, 0.4) is 0 Å². The number of nitrogens with one attached hydrogen (secondary N) is 1. The van der Waals surface area contributed by atoms with Crippen LogP contribution in [-0.4, -0.2) is 11.1 Å². The molecule has 0 unspecified atom stereocenters. The maximum Gasteiger partial charge on any atom is 0.300 e. The molecule has 0 aromatic heterocycles. The Balaban J connectivity index is 0.000000735. The molecule has 10 N–H and O–H groups in total. The van der Waals surface area contributed by atoms with E-state index in [1.807, 2.05) is 18.2 Å². The van der Waals surface area contributed by atoms with E-state index in [1.54, 1.807) is 42.5 Å². The lowest BCUT2D eigenvalue weighted by atomic mass is 10.2. The summed E-state index contributed by atoms with van der Waals surface area (Å²) in [5.41, 5.74) is 27.8. The van der Waals surface area contributed by atoms with E-state index in [0.717, 1.165) is 6.92 Å². The fourth-order valence-electron chi connectivity index (χ4n) is 2.21. The number of aliphatic carboxylic acids is 1. The van der Waals surface area contributed by atoms with Gasteiger partial charge >= 0.3 is 0 Å². The zero-order chi connectivity index (χ0) is 22.1. The predicted octanol–water partition coefficient (Wildman–Crippen LogP) is 3.02. The van der Waals surface area contributed by atoms with Crippen LogP contribution in [0.2, 0.25) is 0 Å². The molecule has 3 rings (SSSR count). The first kappa shape index (κ1) is 21.8. The Labute approximate surface area is 172 Å². The molecule has 0 radical (unpaired) electrons. The number of hydrogen-bond donors (Lipinski definition) is 6. The van der Waals surface area contributed by atoms with Gasteiger partial charge in [0.25, 0.3) is 11.7 Å². The van der Waals surface area contributed by atoms with Crippen molar-refractivity contribution in [1.29, 1.82) is 0 Å². The van der Waals surface area contributed by atoms with Crippen LogP contribution in [0.4, 0.5) is 45.5 Å². The summed E-state index contributed by atoms with van der Waals surface area (Å²) in [6.07, 6.45) is 0. The summed E-state index contributed by atoms with van der Waals surface area (Å²) >= 11 is 0. The summed E-state index contributed by atoms with van der Waals surface area (Å²) in [4.78, 5) is 9.00. The van der Waals surface area contributed by atoms with Crippen LogP contribution in [0.15, 0.2) is 76.0 Å². The molecule has 3 aromatic carbocycles. The first-order valence-electron chi connectivity index (χ1n) is 8.72. The summed E-state index contributed by atoms with van der Waals surface area (Å²) in [5, 5.41) is 23.0. The zero-order valence-electron chi connectivity index (χ0n) is 16.3. The van der Waals surface area contributed by atoms with Gasteiger partial charge in [0, 0.05) is 24.4 Å². The van der Waals surface area contributed by atoms with Crippen molar-refractivity contribution >= 4 is 51.5 Å². The second-order valence-electron chi connectivity index (χ2n) is 6.13. The van der Waals surface area contributed by atoms with Crippen LogP contribution in [0.1, 0.15) is 6.92 Å². The third kappa shape index (κ3) is 6.93. The Hall–Kier alpha value is -4.47. The van der Waals surface area contributed by atoms with E-state index in [9.17, 15) is 0 Å². The van der Waals surface area contributed by atoms with Crippen molar-refractivity contribution in [3.8, 4) is 0 Å². The van der Waals surface area contributed by atoms with Gasteiger partial charge in [-0.3, -0.25) is 4.79 Å². The van der Waals surface area contributed by atoms with Gasteiger partial charge < -0.3 is 28.0 Å². The number of nitrogens with two attached hydrogens (primary N) is 4. The molecule has 0 atom stereocenters. The second-order valence-corrected chi connectivity index (χ2v) is 6.13. The van der Waals surface area contributed by atoms with Gasteiger partial charge in [-0.15, -0.1) is 5.11 Å². The van der Waals surface area contributed by atoms with E-state index in [2.05, 4.69) is 20.5 Å². The fraction of sp³-hybridized carbons (Fsp3) is 0.0500. The third-order valence-corrected chi connectivity index (χ3v) is 3.54. The highest BCUT2D eigenvalue weighted by molar-refractivity contribution is 5.67. The van der Waals surface area contributed by atoms with Crippen LogP contribution in [0.25, 0.3) is 0 Å². The molecule has 0 amide bonds. The number of carbonyl (C=O) groups is 1. The summed E-state index contributed by atoms with van der Waals surface area (Å²) in [6, 6.07) is 17.5. The average Bonchev–Trinajstić information content (AvgIpc) is 2.66. The number of hydrogen-bond acceptors (Lipinski definition) is 8. The van der Waals surface area contributed by atoms with Crippen molar-refractivity contribution in [1.82, 2.24) is 0 Å². The van der Waals surface area contributed by atoms with Gasteiger partial charge in [0.05, 0.1) is 11.4 Å². The smallest absolute Gasteiger partial charge is 0.300 e. The summed E-state index contributed by atoms with van der Waals surface area (Å²) < 4.78 is 0. The number of carboxylic acid groups (broad SMARTS) is 1. The van der Waals surface area contributed by atoms with Crippen LogP contribution >= 0.6 is 0 Å². The zero-order valence-corrected chi connectivity index (χ0v) is 16.3. The quantitative estimate of drug-likeness (QED) is 0.284. The lowest BCUT2D eigenvalue weighted by Gasteiger charge is -2.00. The molecule has 10 heteroatoms. The molecule has 154 valence electrons. The molecule has 0 saturated carbocycles. The Bertz CT molecular complexity index is 1020. The van der Waals surface area contributed by atoms with Crippen LogP contribution in [-0.2, 0) is 4.79 Å². The first-order valence-corrected chi connectivity index (χ1v) is 8.72. The maximum atomic E-state index is 9.00. The van der Waals surface area contributed by atoms with Crippen molar-refractivity contribution in [3.63, 3.8) is 0 Å². The van der Waals surface area contributed by atoms with Gasteiger partial charge in [-0.25, -0.2) is 0 Å². The highest BCUT2D eigenvalue weighted by Crippen LogP contribution is 2.27. The molecule has 3 aromatic rings. The van der Waals surface area contributed by atoms with Gasteiger partial charge in [0.1, 0.15) is 17.1 Å². The van der Waals surface area contributed by atoms with Crippen LogP contribution in [0.5, 0.6) is 0 Å². The minimum absolute atomic E-state index is 0.468. The highest BCUT2D eigenvalue weighted by atomic mass is 16.4. The Morgan fingerprint density at radius 2 is 1.43 bits per heavy atom. The number of anilines is 4. The van der Waals surface area contributed by atoms with Gasteiger partial charge in [-0.1, -0.05) is 11.2 Å². The molecule has 0 aliphatic heterocycles. The number of benzene rings is 3. The Morgan fingerprint density at radius 1 is 0.833 bits per heavy atom. The molecule has 10 nitrogen and oxygen atoms in total. The second kappa shape index (κ2) is 10.2. The molecule has 0 aliphatic rings. The van der Waals surface area contributed by atoms with Crippen LogP contribution < -0.4 is 28.0 Å². The van der Waals surface area contributed by atoms with E-state index < -0.39 is 5.97 Å². The normalized spacial score (nSPS) is 10.7. The van der Waals surface area contributed by atoms with E-state index in [0.29, 0.717) is 45.5 Å². The van der Waals surface area contributed by atoms with E-state index in [1.165, 1.54) is 0 Å².